The molecule has 0 atom stereocenters. The molecule has 1 aliphatic heterocycles. The zero-order valence-electron chi connectivity index (χ0n) is 16.1. The number of hydrogen-bond donors (Lipinski definition) is 1. The number of sulfone groups is 1. The molecule has 1 fully saturated rings. The summed E-state index contributed by atoms with van der Waals surface area (Å²) in [7, 11) is -2.91. The van der Waals surface area contributed by atoms with Crippen molar-refractivity contribution in [2.24, 2.45) is 0 Å². The average molecular weight is 394 g/mol. The number of aromatic nitrogens is 3. The molecule has 3 rings (SSSR count). The Morgan fingerprint density at radius 1 is 1.33 bits per heavy atom. The lowest BCUT2D eigenvalue weighted by Crippen LogP contribution is -2.41. The number of nitrogens with zero attached hydrogens (tertiary/aromatic N) is 4. The number of anilines is 1. The Morgan fingerprint density at radius 3 is 2.70 bits per heavy atom. The molecular weight excluding hydrogens is 366 g/mol. The van der Waals surface area contributed by atoms with Gasteiger partial charge in [-0.3, -0.25) is 0 Å². The maximum atomic E-state index is 11.3. The first-order valence-electron chi connectivity index (χ1n) is 9.27. The fraction of sp³-hybridized carbons (Fsp3) is 0.611. The van der Waals surface area contributed by atoms with Crippen LogP contribution in [0.1, 0.15) is 38.4 Å². The molecule has 8 nitrogen and oxygen atoms in total. The van der Waals surface area contributed by atoms with Gasteiger partial charge in [0.05, 0.1) is 5.75 Å². The third-order valence-corrected chi connectivity index (χ3v) is 5.61. The molecule has 3 heterocycles. The number of hydrogen-bond acceptors (Lipinski definition) is 8. The Bertz CT molecular complexity index is 857. The fourth-order valence-corrected chi connectivity index (χ4v) is 3.62. The monoisotopic (exact) mass is 393 g/mol. The van der Waals surface area contributed by atoms with Gasteiger partial charge in [-0.25, -0.2) is 13.4 Å². The molecule has 0 aliphatic carbocycles. The van der Waals surface area contributed by atoms with E-state index in [-0.39, 0.29) is 11.7 Å². The van der Waals surface area contributed by atoms with E-state index in [0.717, 1.165) is 37.3 Å². The first kappa shape index (κ1) is 19.8. The summed E-state index contributed by atoms with van der Waals surface area (Å²) in [4.78, 5) is 11.0. The Labute approximate surface area is 160 Å². The van der Waals surface area contributed by atoms with Gasteiger partial charge in [0.15, 0.2) is 5.82 Å². The van der Waals surface area contributed by atoms with Crippen LogP contribution in [0.2, 0.25) is 0 Å². The predicted molar refractivity (Wildman–Crippen MR) is 104 cm³/mol. The first-order valence-corrected chi connectivity index (χ1v) is 11.3. The Morgan fingerprint density at radius 2 is 2.07 bits per heavy atom. The van der Waals surface area contributed by atoms with E-state index in [1.54, 1.807) is 6.20 Å². The van der Waals surface area contributed by atoms with Crippen LogP contribution in [0.25, 0.3) is 11.5 Å². The van der Waals surface area contributed by atoms with Crippen molar-refractivity contribution < 1.29 is 12.9 Å². The van der Waals surface area contributed by atoms with Crippen LogP contribution in [-0.4, -0.2) is 66.1 Å². The summed E-state index contributed by atoms with van der Waals surface area (Å²) < 4.78 is 28.0. The highest BCUT2D eigenvalue weighted by atomic mass is 32.2. The van der Waals surface area contributed by atoms with Gasteiger partial charge in [-0.15, -0.1) is 0 Å². The van der Waals surface area contributed by atoms with E-state index in [0.29, 0.717) is 24.3 Å². The van der Waals surface area contributed by atoms with Crippen molar-refractivity contribution in [1.82, 2.24) is 20.0 Å². The molecule has 1 N–H and O–H groups in total. The van der Waals surface area contributed by atoms with Crippen LogP contribution in [0.4, 0.5) is 5.82 Å². The minimum atomic E-state index is -2.91. The number of likely N-dealkylation sites (tertiary alicyclic amines) is 1. The molecule has 0 spiro atoms. The molecule has 0 unspecified atom stereocenters. The van der Waals surface area contributed by atoms with Crippen molar-refractivity contribution in [2.45, 2.75) is 38.6 Å². The van der Waals surface area contributed by atoms with Gasteiger partial charge in [0.1, 0.15) is 15.7 Å². The second-order valence-electron chi connectivity index (χ2n) is 7.43. The van der Waals surface area contributed by atoms with Crippen molar-refractivity contribution in [3.05, 3.63) is 24.2 Å². The van der Waals surface area contributed by atoms with Gasteiger partial charge in [-0.05, 0) is 25.0 Å². The second kappa shape index (κ2) is 8.35. The van der Waals surface area contributed by atoms with Crippen molar-refractivity contribution in [3.63, 3.8) is 0 Å². The summed E-state index contributed by atoms with van der Waals surface area (Å²) in [6.45, 7) is 6.42. The van der Waals surface area contributed by atoms with Crippen molar-refractivity contribution in [3.8, 4) is 11.5 Å². The first-order chi connectivity index (χ1) is 12.8. The van der Waals surface area contributed by atoms with Crippen LogP contribution >= 0.6 is 0 Å². The number of nitrogens with one attached hydrogen (secondary N) is 1. The van der Waals surface area contributed by atoms with E-state index < -0.39 is 9.84 Å². The third kappa shape index (κ3) is 5.74. The van der Waals surface area contributed by atoms with Crippen molar-refractivity contribution >= 4 is 15.7 Å². The molecule has 148 valence electrons. The maximum Gasteiger partial charge on any atom is 0.258 e. The van der Waals surface area contributed by atoms with E-state index >= 15 is 0 Å². The number of pyridine rings is 1. The Balaban J connectivity index is 1.56. The Kier molecular flexibility index (Phi) is 6.11. The highest BCUT2D eigenvalue weighted by molar-refractivity contribution is 7.90. The summed E-state index contributed by atoms with van der Waals surface area (Å²) in [6, 6.07) is 4.10. The number of piperidine rings is 1. The fourth-order valence-electron chi connectivity index (χ4n) is 3.03. The summed E-state index contributed by atoms with van der Waals surface area (Å²) in [5.74, 6) is 2.41. The van der Waals surface area contributed by atoms with Gasteiger partial charge in [0.25, 0.3) is 5.89 Å². The van der Waals surface area contributed by atoms with Crippen LogP contribution in [0.15, 0.2) is 22.9 Å². The van der Waals surface area contributed by atoms with Gasteiger partial charge in [0, 0.05) is 49.6 Å². The van der Waals surface area contributed by atoms with E-state index in [2.05, 4.69) is 25.3 Å². The van der Waals surface area contributed by atoms with Crippen molar-refractivity contribution in [2.75, 3.05) is 37.0 Å². The normalized spacial score (nSPS) is 16.7. The molecule has 0 radical (unpaired) electrons. The molecule has 27 heavy (non-hydrogen) atoms. The highest BCUT2D eigenvalue weighted by Crippen LogP contribution is 2.23. The molecule has 0 bridgehead atoms. The molecule has 9 heteroatoms. The standard InChI is InChI=1S/C18H27N5O3S/c1-13(2)17-21-18(26-22-17)14-4-7-19-16(12-14)20-15-5-8-23(9-6-15)10-11-27(3,24)25/h4,7,12-13,15H,5-6,8-11H2,1-3H3,(H,19,20). The number of rotatable bonds is 7. The van der Waals surface area contributed by atoms with Crippen molar-refractivity contribution in [1.29, 1.82) is 0 Å². The molecule has 0 saturated carbocycles. The minimum absolute atomic E-state index is 0.217. The lowest BCUT2D eigenvalue weighted by atomic mass is 10.1. The van der Waals surface area contributed by atoms with E-state index in [1.165, 1.54) is 6.26 Å². The average Bonchev–Trinajstić information content (AvgIpc) is 3.11. The van der Waals surface area contributed by atoms with Gasteiger partial charge >= 0.3 is 0 Å². The highest BCUT2D eigenvalue weighted by Gasteiger charge is 2.20. The molecule has 2 aromatic rings. The smallest absolute Gasteiger partial charge is 0.258 e. The largest absolute Gasteiger partial charge is 0.367 e. The SMILES string of the molecule is CC(C)c1noc(-c2ccnc(NC3CCN(CCS(C)(=O)=O)CC3)c2)n1. The van der Waals surface area contributed by atoms with Gasteiger partial charge in [-0.1, -0.05) is 19.0 Å². The topological polar surface area (TPSA) is 101 Å². The lowest BCUT2D eigenvalue weighted by molar-refractivity contribution is 0.230. The van der Waals surface area contributed by atoms with Gasteiger partial charge in [0.2, 0.25) is 0 Å². The summed E-state index contributed by atoms with van der Waals surface area (Å²) in [5.41, 5.74) is 0.845. The van der Waals surface area contributed by atoms with Crippen LogP contribution in [0.5, 0.6) is 0 Å². The van der Waals surface area contributed by atoms with Crippen LogP contribution in [-0.2, 0) is 9.84 Å². The molecule has 2 aromatic heterocycles. The molecule has 0 aromatic carbocycles. The van der Waals surface area contributed by atoms with Gasteiger partial charge < -0.3 is 14.7 Å². The zero-order valence-corrected chi connectivity index (χ0v) is 16.9. The molecule has 1 saturated heterocycles. The van der Waals surface area contributed by atoms with Gasteiger partial charge in [-0.2, -0.15) is 4.98 Å². The Hall–Kier alpha value is -2.00. The van der Waals surface area contributed by atoms with Crippen LogP contribution < -0.4 is 5.32 Å². The third-order valence-electron chi connectivity index (χ3n) is 4.68. The molecule has 1 aliphatic rings. The van der Waals surface area contributed by atoms with Crippen LogP contribution in [0, 0.1) is 0 Å². The predicted octanol–water partition coefficient (Wildman–Crippen LogP) is 2.18. The zero-order chi connectivity index (χ0) is 19.4. The van der Waals surface area contributed by atoms with E-state index in [9.17, 15) is 8.42 Å². The summed E-state index contributed by atoms with van der Waals surface area (Å²) >= 11 is 0. The second-order valence-corrected chi connectivity index (χ2v) is 9.69. The van der Waals surface area contributed by atoms with E-state index in [1.807, 2.05) is 26.0 Å². The maximum absolute atomic E-state index is 11.3. The lowest BCUT2D eigenvalue weighted by Gasteiger charge is -2.32. The summed E-state index contributed by atoms with van der Waals surface area (Å²) in [6.07, 6.45) is 4.92. The van der Waals surface area contributed by atoms with Crippen LogP contribution in [0.3, 0.4) is 0 Å². The quantitative estimate of drug-likeness (QED) is 0.764. The summed E-state index contributed by atoms with van der Waals surface area (Å²) in [5, 5.41) is 7.47. The molecular formula is C18H27N5O3S. The molecule has 0 amide bonds. The minimum Gasteiger partial charge on any atom is -0.367 e. The van der Waals surface area contributed by atoms with E-state index in [4.69, 9.17) is 4.52 Å².